The second-order valence-electron chi connectivity index (χ2n) is 3.21. The molecule has 0 aromatic carbocycles. The van der Waals surface area contributed by atoms with E-state index in [9.17, 15) is 4.79 Å². The lowest BCUT2D eigenvalue weighted by atomic mass is 10.3. The van der Waals surface area contributed by atoms with Crippen molar-refractivity contribution in [2.75, 3.05) is 6.61 Å². The summed E-state index contributed by atoms with van der Waals surface area (Å²) in [4.78, 5) is 15.4. The highest BCUT2D eigenvalue weighted by atomic mass is 16.5. The Bertz CT molecular complexity index is 368. The van der Waals surface area contributed by atoms with E-state index in [4.69, 9.17) is 4.74 Å². The Morgan fingerprint density at radius 3 is 2.93 bits per heavy atom. The minimum absolute atomic E-state index is 0.221. The zero-order valence-electron chi connectivity index (χ0n) is 9.20. The first-order valence-electron chi connectivity index (χ1n) is 4.83. The van der Waals surface area contributed by atoms with Gasteiger partial charge >= 0.3 is 5.97 Å². The van der Waals surface area contributed by atoms with Gasteiger partial charge in [-0.2, -0.15) is 5.10 Å². The molecular formula is C10H15N3O2. The van der Waals surface area contributed by atoms with E-state index in [0.29, 0.717) is 6.61 Å². The van der Waals surface area contributed by atoms with Gasteiger partial charge in [0, 0.05) is 5.71 Å². The number of aromatic amines is 1. The molecule has 0 aliphatic rings. The van der Waals surface area contributed by atoms with Crippen molar-refractivity contribution < 1.29 is 9.53 Å². The number of H-pyrrole nitrogens is 1. The fourth-order valence-corrected chi connectivity index (χ4v) is 1.12. The monoisotopic (exact) mass is 209 g/mol. The summed E-state index contributed by atoms with van der Waals surface area (Å²) >= 11 is 0. The van der Waals surface area contributed by atoms with Crippen molar-refractivity contribution in [2.45, 2.75) is 27.2 Å². The maximum Gasteiger partial charge on any atom is 0.311 e. The summed E-state index contributed by atoms with van der Waals surface area (Å²) in [6, 6.07) is 0. The minimum atomic E-state index is -0.250. The number of carbonyl (C=O) groups is 1. The van der Waals surface area contributed by atoms with Gasteiger partial charge in [-0.05, 0) is 20.8 Å². The Morgan fingerprint density at radius 1 is 1.67 bits per heavy atom. The number of hydrogen-bond acceptors (Lipinski definition) is 4. The van der Waals surface area contributed by atoms with E-state index in [0.717, 1.165) is 17.1 Å². The molecular weight excluding hydrogens is 194 g/mol. The third-order valence-corrected chi connectivity index (χ3v) is 1.82. The van der Waals surface area contributed by atoms with Crippen LogP contribution in [0.15, 0.2) is 11.2 Å². The number of nitrogens with one attached hydrogen (secondary N) is 1. The first-order valence-corrected chi connectivity index (χ1v) is 4.83. The van der Waals surface area contributed by atoms with Crippen LogP contribution < -0.4 is 0 Å². The smallest absolute Gasteiger partial charge is 0.311 e. The summed E-state index contributed by atoms with van der Waals surface area (Å²) in [6.45, 7) is 5.86. The van der Waals surface area contributed by atoms with Gasteiger partial charge < -0.3 is 4.74 Å². The van der Waals surface area contributed by atoms with Crippen molar-refractivity contribution in [1.82, 2.24) is 10.2 Å². The maximum absolute atomic E-state index is 11.1. The second-order valence-corrected chi connectivity index (χ2v) is 3.21. The van der Waals surface area contributed by atoms with E-state index >= 15 is 0 Å². The van der Waals surface area contributed by atoms with Gasteiger partial charge in [0.25, 0.3) is 0 Å². The number of hydrogen-bond donors (Lipinski definition) is 1. The number of aliphatic imine (C=N–C) groups is 1. The molecule has 0 bridgehead atoms. The molecule has 5 heteroatoms. The van der Waals surface area contributed by atoms with Crippen molar-refractivity contribution in [2.24, 2.45) is 4.99 Å². The molecule has 1 aromatic rings. The number of esters is 1. The number of aryl methyl sites for hydroxylation is 1. The molecule has 0 spiro atoms. The summed E-state index contributed by atoms with van der Waals surface area (Å²) < 4.78 is 4.82. The third-order valence-electron chi connectivity index (χ3n) is 1.82. The lowest BCUT2D eigenvalue weighted by Crippen LogP contribution is -2.08. The van der Waals surface area contributed by atoms with Crippen LogP contribution in [0.5, 0.6) is 0 Å². The highest BCUT2D eigenvalue weighted by molar-refractivity contribution is 5.98. The van der Waals surface area contributed by atoms with E-state index < -0.39 is 0 Å². The molecule has 1 aromatic heterocycles. The maximum atomic E-state index is 11.1. The fraction of sp³-hybridized carbons (Fsp3) is 0.500. The molecule has 0 saturated heterocycles. The van der Waals surface area contributed by atoms with Gasteiger partial charge in [0.1, 0.15) is 5.69 Å². The molecule has 1 rings (SSSR count). The molecule has 82 valence electrons. The first kappa shape index (κ1) is 11.4. The molecule has 5 nitrogen and oxygen atoms in total. The standard InChI is InChI=1S/C10H15N3O2/c1-4-15-10(14)5-7(2)12-9-6-11-13-8(9)3/h6H,4-5H2,1-3H3,(H,11,13). The van der Waals surface area contributed by atoms with Crippen molar-refractivity contribution in [3.63, 3.8) is 0 Å². The average molecular weight is 209 g/mol. The SMILES string of the molecule is CCOC(=O)CC(C)=Nc1cn[nH]c1C. The van der Waals surface area contributed by atoms with Crippen LogP contribution in [-0.2, 0) is 9.53 Å². The number of nitrogens with zero attached hydrogens (tertiary/aromatic N) is 2. The van der Waals surface area contributed by atoms with Gasteiger partial charge in [-0.3, -0.25) is 14.9 Å². The second kappa shape index (κ2) is 5.29. The van der Waals surface area contributed by atoms with Gasteiger partial charge in [0.05, 0.1) is 24.9 Å². The van der Waals surface area contributed by atoms with Crippen molar-refractivity contribution in [3.05, 3.63) is 11.9 Å². The summed E-state index contributed by atoms with van der Waals surface area (Å²) in [7, 11) is 0. The predicted molar refractivity (Wildman–Crippen MR) is 57.3 cm³/mol. The van der Waals surface area contributed by atoms with E-state index in [1.807, 2.05) is 6.92 Å². The molecule has 0 unspecified atom stereocenters. The first-order chi connectivity index (χ1) is 7.13. The predicted octanol–water partition coefficient (Wildman–Crippen LogP) is 1.76. The Hall–Kier alpha value is -1.65. The average Bonchev–Trinajstić information content (AvgIpc) is 2.52. The Morgan fingerprint density at radius 2 is 2.40 bits per heavy atom. The summed E-state index contributed by atoms with van der Waals surface area (Å²) in [5, 5.41) is 6.62. The normalized spacial score (nSPS) is 11.5. The molecule has 0 radical (unpaired) electrons. The largest absolute Gasteiger partial charge is 0.466 e. The third kappa shape index (κ3) is 3.53. The van der Waals surface area contributed by atoms with Gasteiger partial charge in [-0.15, -0.1) is 0 Å². The zero-order valence-corrected chi connectivity index (χ0v) is 9.20. The zero-order chi connectivity index (χ0) is 11.3. The molecule has 0 atom stereocenters. The molecule has 1 heterocycles. The summed E-state index contributed by atoms with van der Waals surface area (Å²) in [6.07, 6.45) is 1.85. The van der Waals surface area contributed by atoms with Gasteiger partial charge in [0.15, 0.2) is 0 Å². The van der Waals surface area contributed by atoms with Gasteiger partial charge in [-0.1, -0.05) is 0 Å². The van der Waals surface area contributed by atoms with E-state index in [-0.39, 0.29) is 12.4 Å². The Kier molecular flexibility index (Phi) is 4.03. The van der Waals surface area contributed by atoms with Crippen molar-refractivity contribution >= 4 is 17.4 Å². The van der Waals surface area contributed by atoms with Crippen LogP contribution in [0.25, 0.3) is 0 Å². The van der Waals surface area contributed by atoms with E-state index in [2.05, 4.69) is 15.2 Å². The van der Waals surface area contributed by atoms with Crippen LogP contribution in [0.3, 0.4) is 0 Å². The number of ether oxygens (including phenoxy) is 1. The van der Waals surface area contributed by atoms with Crippen LogP contribution in [-0.4, -0.2) is 28.5 Å². The van der Waals surface area contributed by atoms with Crippen LogP contribution >= 0.6 is 0 Å². The summed E-state index contributed by atoms with van der Waals surface area (Å²) in [5.41, 5.74) is 2.37. The Labute approximate surface area is 88.6 Å². The van der Waals surface area contributed by atoms with Crippen LogP contribution in [0.2, 0.25) is 0 Å². The van der Waals surface area contributed by atoms with E-state index in [1.165, 1.54) is 0 Å². The van der Waals surface area contributed by atoms with E-state index in [1.54, 1.807) is 20.0 Å². The molecule has 0 aliphatic heterocycles. The lowest BCUT2D eigenvalue weighted by molar-refractivity contribution is -0.141. The highest BCUT2D eigenvalue weighted by Gasteiger charge is 2.05. The molecule has 1 N–H and O–H groups in total. The summed E-state index contributed by atoms with van der Waals surface area (Å²) in [5.74, 6) is -0.250. The highest BCUT2D eigenvalue weighted by Crippen LogP contribution is 2.14. The van der Waals surface area contributed by atoms with Crippen LogP contribution in [0, 0.1) is 6.92 Å². The number of carbonyl (C=O) groups excluding carboxylic acids is 1. The molecule has 0 amide bonds. The molecule has 0 saturated carbocycles. The van der Waals surface area contributed by atoms with Crippen molar-refractivity contribution in [1.29, 1.82) is 0 Å². The Balaban J connectivity index is 2.61. The molecule has 15 heavy (non-hydrogen) atoms. The quantitative estimate of drug-likeness (QED) is 0.607. The molecule has 0 fully saturated rings. The topological polar surface area (TPSA) is 67.3 Å². The van der Waals surface area contributed by atoms with Gasteiger partial charge in [0.2, 0.25) is 0 Å². The number of rotatable bonds is 4. The van der Waals surface area contributed by atoms with Crippen LogP contribution in [0.1, 0.15) is 26.0 Å². The van der Waals surface area contributed by atoms with Gasteiger partial charge in [-0.25, -0.2) is 0 Å². The number of aromatic nitrogens is 2. The minimum Gasteiger partial charge on any atom is -0.466 e. The molecule has 0 aliphatic carbocycles. The fourth-order valence-electron chi connectivity index (χ4n) is 1.12. The lowest BCUT2D eigenvalue weighted by Gasteiger charge is -2.00. The van der Waals surface area contributed by atoms with Crippen molar-refractivity contribution in [3.8, 4) is 0 Å². The van der Waals surface area contributed by atoms with Crippen LogP contribution in [0.4, 0.5) is 5.69 Å².